The van der Waals surface area contributed by atoms with Crippen LogP contribution in [0.1, 0.15) is 11.3 Å². The molecule has 0 amide bonds. The van der Waals surface area contributed by atoms with Crippen molar-refractivity contribution in [3.05, 3.63) is 66.0 Å². The summed E-state index contributed by atoms with van der Waals surface area (Å²) >= 11 is 0. The van der Waals surface area contributed by atoms with Crippen LogP contribution in [-0.4, -0.2) is 41.1 Å². The summed E-state index contributed by atoms with van der Waals surface area (Å²) in [5.41, 5.74) is 2.16. The molecule has 4 N–H and O–H groups in total. The molecule has 0 radical (unpaired) electrons. The second-order valence-corrected chi connectivity index (χ2v) is 9.07. The zero-order valence-electron chi connectivity index (χ0n) is 18.3. The number of anilines is 2. The Bertz CT molecular complexity index is 1570. The standard InChI is InChI=1S/C22H17F3N8O2S/c23-22(24,25)12-30-20-19-18(6-5-17(31-19)14-7-8-28-15(9-14)10-26)32-21(33-20)29-11-13-1-3-16(4-2-13)36(27,34)35/h1-9H,11-12H2,(H2,27,34,35)(H2,29,30,32,33). The van der Waals surface area contributed by atoms with Gasteiger partial charge in [0, 0.05) is 18.3 Å². The van der Waals surface area contributed by atoms with Crippen LogP contribution in [0.15, 0.2) is 59.6 Å². The van der Waals surface area contributed by atoms with Crippen LogP contribution in [0.25, 0.3) is 22.3 Å². The Morgan fingerprint density at radius 1 is 1.00 bits per heavy atom. The number of pyridine rings is 2. The minimum atomic E-state index is -4.50. The fourth-order valence-electron chi connectivity index (χ4n) is 3.19. The first-order valence-corrected chi connectivity index (χ1v) is 11.8. The van der Waals surface area contributed by atoms with E-state index in [0.29, 0.717) is 16.8 Å². The molecule has 0 fully saturated rings. The number of nitrogens with two attached hydrogens (primary N) is 1. The Balaban J connectivity index is 1.66. The predicted molar refractivity (Wildman–Crippen MR) is 125 cm³/mol. The van der Waals surface area contributed by atoms with Gasteiger partial charge in [0.1, 0.15) is 23.8 Å². The summed E-state index contributed by atoms with van der Waals surface area (Å²) in [6, 6.07) is 14.0. The molecule has 0 atom stereocenters. The number of rotatable bonds is 7. The van der Waals surface area contributed by atoms with E-state index in [4.69, 9.17) is 10.4 Å². The van der Waals surface area contributed by atoms with Gasteiger partial charge >= 0.3 is 6.18 Å². The van der Waals surface area contributed by atoms with E-state index in [1.165, 1.54) is 36.5 Å². The van der Waals surface area contributed by atoms with Crippen molar-refractivity contribution in [2.45, 2.75) is 17.6 Å². The fourth-order valence-corrected chi connectivity index (χ4v) is 3.71. The summed E-state index contributed by atoms with van der Waals surface area (Å²) in [7, 11) is -3.83. The lowest BCUT2D eigenvalue weighted by Gasteiger charge is -2.13. The van der Waals surface area contributed by atoms with Gasteiger partial charge in [0.05, 0.1) is 16.1 Å². The van der Waals surface area contributed by atoms with Crippen LogP contribution in [0.5, 0.6) is 0 Å². The van der Waals surface area contributed by atoms with E-state index in [0.717, 1.165) is 0 Å². The summed E-state index contributed by atoms with van der Waals surface area (Å²) in [6.07, 6.45) is -3.07. The third-order valence-electron chi connectivity index (χ3n) is 4.87. The van der Waals surface area contributed by atoms with Gasteiger partial charge in [0.25, 0.3) is 0 Å². The van der Waals surface area contributed by atoms with Crippen LogP contribution in [0, 0.1) is 11.3 Å². The van der Waals surface area contributed by atoms with Gasteiger partial charge in [-0.3, -0.25) is 0 Å². The lowest BCUT2D eigenvalue weighted by atomic mass is 10.1. The highest BCUT2D eigenvalue weighted by Crippen LogP contribution is 2.26. The van der Waals surface area contributed by atoms with E-state index < -0.39 is 22.7 Å². The molecule has 0 bridgehead atoms. The molecule has 0 saturated heterocycles. The molecule has 184 valence electrons. The second kappa shape index (κ2) is 9.72. The topological polar surface area (TPSA) is 160 Å². The van der Waals surface area contributed by atoms with Gasteiger partial charge in [-0.05, 0) is 42.0 Å². The number of benzene rings is 1. The molecule has 0 spiro atoms. The maximum absolute atomic E-state index is 12.9. The number of primary sulfonamides is 1. The van der Waals surface area contributed by atoms with Crippen molar-refractivity contribution < 1.29 is 21.6 Å². The molecular formula is C22H17F3N8O2S. The summed E-state index contributed by atoms with van der Waals surface area (Å²) in [6.45, 7) is -1.18. The molecule has 0 unspecified atom stereocenters. The Labute approximate surface area is 203 Å². The molecule has 0 aliphatic heterocycles. The highest BCUT2D eigenvalue weighted by atomic mass is 32.2. The molecular weight excluding hydrogens is 497 g/mol. The maximum atomic E-state index is 12.9. The molecule has 3 heterocycles. The number of aromatic nitrogens is 4. The minimum Gasteiger partial charge on any atom is -0.359 e. The van der Waals surface area contributed by atoms with Crippen molar-refractivity contribution in [2.24, 2.45) is 5.14 Å². The number of alkyl halides is 3. The van der Waals surface area contributed by atoms with Crippen molar-refractivity contribution in [1.29, 1.82) is 5.26 Å². The van der Waals surface area contributed by atoms with E-state index in [-0.39, 0.29) is 39.9 Å². The number of halogens is 3. The SMILES string of the molecule is N#Cc1cc(-c2ccc3nc(NCc4ccc(S(N)(=O)=O)cc4)nc(NCC(F)(F)F)c3n2)ccn1. The maximum Gasteiger partial charge on any atom is 0.405 e. The molecule has 0 saturated carbocycles. The highest BCUT2D eigenvalue weighted by molar-refractivity contribution is 7.89. The van der Waals surface area contributed by atoms with Crippen molar-refractivity contribution in [3.63, 3.8) is 0 Å². The summed E-state index contributed by atoms with van der Waals surface area (Å²) in [4.78, 5) is 16.8. The van der Waals surface area contributed by atoms with Gasteiger partial charge in [-0.25, -0.2) is 28.5 Å². The van der Waals surface area contributed by atoms with Crippen LogP contribution in [-0.2, 0) is 16.6 Å². The Morgan fingerprint density at radius 3 is 2.42 bits per heavy atom. The molecule has 4 rings (SSSR count). The number of nitriles is 1. The average Bonchev–Trinajstić information content (AvgIpc) is 2.85. The molecule has 36 heavy (non-hydrogen) atoms. The first-order chi connectivity index (χ1) is 17.0. The Hall–Kier alpha value is -4.35. The van der Waals surface area contributed by atoms with E-state index in [2.05, 4.69) is 30.6 Å². The van der Waals surface area contributed by atoms with Gasteiger partial charge in [-0.2, -0.15) is 23.4 Å². The Kier molecular flexibility index (Phi) is 6.69. The number of sulfonamides is 1. The largest absolute Gasteiger partial charge is 0.405 e. The van der Waals surface area contributed by atoms with E-state index in [1.54, 1.807) is 18.2 Å². The molecule has 14 heteroatoms. The number of hydrogen-bond donors (Lipinski definition) is 3. The number of fused-ring (bicyclic) bond motifs is 1. The molecule has 0 aliphatic carbocycles. The van der Waals surface area contributed by atoms with Gasteiger partial charge in [-0.15, -0.1) is 0 Å². The summed E-state index contributed by atoms with van der Waals surface area (Å²) in [5.74, 6) is -0.103. The zero-order valence-corrected chi connectivity index (χ0v) is 19.1. The smallest absolute Gasteiger partial charge is 0.359 e. The third kappa shape index (κ3) is 6.01. The van der Waals surface area contributed by atoms with Crippen LogP contribution >= 0.6 is 0 Å². The summed E-state index contributed by atoms with van der Waals surface area (Å²) in [5, 5.41) is 19.3. The molecule has 1 aromatic carbocycles. The minimum absolute atomic E-state index is 0.0351. The normalized spacial score (nSPS) is 11.8. The quantitative estimate of drug-likeness (QED) is 0.336. The highest BCUT2D eigenvalue weighted by Gasteiger charge is 2.27. The molecule has 10 nitrogen and oxygen atoms in total. The number of nitrogens with zero attached hydrogens (tertiary/aromatic N) is 5. The second-order valence-electron chi connectivity index (χ2n) is 7.51. The van der Waals surface area contributed by atoms with E-state index in [9.17, 15) is 21.6 Å². The first kappa shape index (κ1) is 24.8. The predicted octanol–water partition coefficient (Wildman–Crippen LogP) is 3.19. The monoisotopic (exact) mass is 514 g/mol. The van der Waals surface area contributed by atoms with Crippen LogP contribution in [0.2, 0.25) is 0 Å². The lowest BCUT2D eigenvalue weighted by Crippen LogP contribution is -2.22. The first-order valence-electron chi connectivity index (χ1n) is 10.2. The lowest BCUT2D eigenvalue weighted by molar-refractivity contribution is -0.115. The van der Waals surface area contributed by atoms with Crippen molar-refractivity contribution in [3.8, 4) is 17.3 Å². The average molecular weight is 514 g/mol. The van der Waals surface area contributed by atoms with Crippen molar-refractivity contribution >= 4 is 32.8 Å². The Morgan fingerprint density at radius 2 is 1.75 bits per heavy atom. The van der Waals surface area contributed by atoms with E-state index >= 15 is 0 Å². The fraction of sp³-hybridized carbons (Fsp3) is 0.136. The molecule has 0 aliphatic rings. The van der Waals surface area contributed by atoms with Crippen molar-refractivity contribution in [2.75, 3.05) is 17.2 Å². The van der Waals surface area contributed by atoms with Crippen molar-refractivity contribution in [1.82, 2.24) is 19.9 Å². The third-order valence-corrected chi connectivity index (χ3v) is 5.80. The van der Waals surface area contributed by atoms with Gasteiger partial charge < -0.3 is 10.6 Å². The van der Waals surface area contributed by atoms with Gasteiger partial charge in [0.2, 0.25) is 16.0 Å². The molecule has 4 aromatic rings. The van der Waals surface area contributed by atoms with Gasteiger partial charge in [-0.1, -0.05) is 12.1 Å². The zero-order chi connectivity index (χ0) is 25.9. The summed E-state index contributed by atoms with van der Waals surface area (Å²) < 4.78 is 61.6. The van der Waals surface area contributed by atoms with Gasteiger partial charge in [0.15, 0.2) is 5.82 Å². The van der Waals surface area contributed by atoms with Crippen LogP contribution in [0.4, 0.5) is 24.9 Å². The number of nitrogens with one attached hydrogen (secondary N) is 2. The number of hydrogen-bond acceptors (Lipinski definition) is 9. The van der Waals surface area contributed by atoms with E-state index in [1.807, 2.05) is 6.07 Å². The van der Waals surface area contributed by atoms with Crippen LogP contribution < -0.4 is 15.8 Å². The molecule has 3 aromatic heterocycles. The van der Waals surface area contributed by atoms with Crippen LogP contribution in [0.3, 0.4) is 0 Å².